The van der Waals surface area contributed by atoms with E-state index in [0.717, 1.165) is 10.1 Å². The van der Waals surface area contributed by atoms with Gasteiger partial charge in [-0.3, -0.25) is 4.79 Å². The molecule has 0 amide bonds. The maximum absolute atomic E-state index is 12.9. The van der Waals surface area contributed by atoms with Gasteiger partial charge >= 0.3 is 0 Å². The number of aromatic hydroxyl groups is 1. The molecule has 2 aromatic carbocycles. The minimum Gasteiger partial charge on any atom is -0.507 e. The Bertz CT molecular complexity index is 1250. The molecule has 0 bridgehead atoms. The van der Waals surface area contributed by atoms with Crippen molar-refractivity contribution in [2.75, 3.05) is 0 Å². The van der Waals surface area contributed by atoms with Gasteiger partial charge in [0.05, 0.1) is 6.21 Å². The van der Waals surface area contributed by atoms with E-state index in [4.69, 9.17) is 0 Å². The summed E-state index contributed by atoms with van der Waals surface area (Å²) >= 11 is 0. The lowest BCUT2D eigenvalue weighted by atomic mass is 9.93. The van der Waals surface area contributed by atoms with Crippen molar-refractivity contribution in [2.24, 2.45) is 5.10 Å². The van der Waals surface area contributed by atoms with Gasteiger partial charge in [-0.05, 0) is 11.5 Å². The molecule has 0 aliphatic rings. The van der Waals surface area contributed by atoms with E-state index in [-0.39, 0.29) is 17.1 Å². The summed E-state index contributed by atoms with van der Waals surface area (Å²) in [7, 11) is 0. The summed E-state index contributed by atoms with van der Waals surface area (Å²) in [6, 6.07) is 11.1. The van der Waals surface area contributed by atoms with Gasteiger partial charge < -0.3 is 5.11 Å². The third-order valence-corrected chi connectivity index (χ3v) is 4.26. The monoisotopic (exact) mass is 362 g/mol. The SMILES string of the molecule is CC(C)(C)c1nn2cnnc2n(/N=C\c2ccc3ccccc3c2O)c1=O. The smallest absolute Gasteiger partial charge is 0.298 e. The van der Waals surface area contributed by atoms with Crippen LogP contribution in [-0.4, -0.2) is 35.8 Å². The molecule has 2 heterocycles. The maximum Gasteiger partial charge on any atom is 0.298 e. The average Bonchev–Trinajstić information content (AvgIpc) is 3.10. The van der Waals surface area contributed by atoms with Gasteiger partial charge in [0, 0.05) is 16.4 Å². The predicted molar refractivity (Wildman–Crippen MR) is 102 cm³/mol. The van der Waals surface area contributed by atoms with Crippen molar-refractivity contribution >= 4 is 22.8 Å². The van der Waals surface area contributed by atoms with Crippen LogP contribution >= 0.6 is 0 Å². The molecule has 0 atom stereocenters. The highest BCUT2D eigenvalue weighted by atomic mass is 16.3. The Labute approximate surface area is 154 Å². The molecular weight excluding hydrogens is 344 g/mol. The molecule has 0 aliphatic carbocycles. The second-order valence-corrected chi connectivity index (χ2v) is 7.26. The quantitative estimate of drug-likeness (QED) is 0.552. The summed E-state index contributed by atoms with van der Waals surface area (Å²) in [6.45, 7) is 5.70. The molecule has 0 unspecified atom stereocenters. The lowest BCUT2D eigenvalue weighted by Gasteiger charge is -2.16. The van der Waals surface area contributed by atoms with E-state index in [9.17, 15) is 9.90 Å². The molecule has 8 heteroatoms. The maximum atomic E-state index is 12.9. The average molecular weight is 362 g/mol. The molecule has 4 rings (SSSR count). The summed E-state index contributed by atoms with van der Waals surface area (Å²) in [5.41, 5.74) is -0.0145. The zero-order chi connectivity index (χ0) is 19.2. The van der Waals surface area contributed by atoms with E-state index in [1.807, 2.05) is 51.1 Å². The molecule has 0 fully saturated rings. The van der Waals surface area contributed by atoms with E-state index < -0.39 is 5.41 Å². The number of aromatic nitrogens is 5. The number of hydrogen-bond donors (Lipinski definition) is 1. The molecule has 136 valence electrons. The van der Waals surface area contributed by atoms with Gasteiger partial charge in [-0.25, -0.2) is 0 Å². The number of phenolic OH excluding ortho intramolecular Hbond substituents is 1. The van der Waals surface area contributed by atoms with Crippen molar-refractivity contribution in [3.63, 3.8) is 0 Å². The molecule has 0 radical (unpaired) electrons. The highest BCUT2D eigenvalue weighted by Gasteiger charge is 2.23. The first kappa shape index (κ1) is 16.9. The fourth-order valence-corrected chi connectivity index (χ4v) is 2.85. The summed E-state index contributed by atoms with van der Waals surface area (Å²) < 4.78 is 2.56. The second-order valence-electron chi connectivity index (χ2n) is 7.26. The highest BCUT2D eigenvalue weighted by molar-refractivity contribution is 5.97. The first-order valence-corrected chi connectivity index (χ1v) is 8.45. The topological polar surface area (TPSA) is 97.7 Å². The second kappa shape index (κ2) is 6.01. The van der Waals surface area contributed by atoms with Crippen LogP contribution in [0.3, 0.4) is 0 Å². The lowest BCUT2D eigenvalue weighted by molar-refractivity contribution is 0.480. The third kappa shape index (κ3) is 2.84. The Balaban J connectivity index is 1.89. The van der Waals surface area contributed by atoms with Crippen LogP contribution in [0.15, 0.2) is 52.6 Å². The first-order chi connectivity index (χ1) is 12.9. The van der Waals surface area contributed by atoms with Crippen molar-refractivity contribution in [3.8, 4) is 5.75 Å². The van der Waals surface area contributed by atoms with E-state index in [1.165, 1.54) is 17.1 Å². The highest BCUT2D eigenvalue weighted by Crippen LogP contribution is 2.27. The van der Waals surface area contributed by atoms with Crippen molar-refractivity contribution < 1.29 is 5.11 Å². The lowest BCUT2D eigenvalue weighted by Crippen LogP contribution is -2.33. The van der Waals surface area contributed by atoms with Crippen molar-refractivity contribution in [3.05, 3.63) is 64.3 Å². The van der Waals surface area contributed by atoms with Gasteiger partial charge in [-0.1, -0.05) is 51.1 Å². The minimum atomic E-state index is -0.474. The Hall–Kier alpha value is -3.55. The van der Waals surface area contributed by atoms with Crippen LogP contribution in [0.5, 0.6) is 5.75 Å². The number of benzene rings is 2. The Morgan fingerprint density at radius 1 is 1.15 bits per heavy atom. The summed E-state index contributed by atoms with van der Waals surface area (Å²) in [4.78, 5) is 12.9. The van der Waals surface area contributed by atoms with Crippen molar-refractivity contribution in [1.29, 1.82) is 0 Å². The van der Waals surface area contributed by atoms with Crippen LogP contribution in [0.2, 0.25) is 0 Å². The number of phenols is 1. The van der Waals surface area contributed by atoms with Crippen LogP contribution in [0, 0.1) is 0 Å². The van der Waals surface area contributed by atoms with Gasteiger partial charge in [-0.15, -0.1) is 10.2 Å². The normalized spacial score (nSPS) is 12.4. The van der Waals surface area contributed by atoms with Gasteiger partial charge in [-0.2, -0.15) is 19.4 Å². The zero-order valence-electron chi connectivity index (χ0n) is 15.2. The van der Waals surface area contributed by atoms with Gasteiger partial charge in [0.2, 0.25) is 0 Å². The van der Waals surface area contributed by atoms with Crippen LogP contribution in [0.1, 0.15) is 32.0 Å². The minimum absolute atomic E-state index is 0.104. The van der Waals surface area contributed by atoms with Crippen LogP contribution in [-0.2, 0) is 5.41 Å². The number of fused-ring (bicyclic) bond motifs is 2. The van der Waals surface area contributed by atoms with Gasteiger partial charge in [0.1, 0.15) is 17.8 Å². The number of nitrogens with zero attached hydrogens (tertiary/aromatic N) is 6. The largest absolute Gasteiger partial charge is 0.507 e. The van der Waals surface area contributed by atoms with Gasteiger partial charge in [0.25, 0.3) is 11.3 Å². The third-order valence-electron chi connectivity index (χ3n) is 4.26. The fourth-order valence-electron chi connectivity index (χ4n) is 2.85. The molecule has 0 saturated heterocycles. The molecule has 27 heavy (non-hydrogen) atoms. The van der Waals surface area contributed by atoms with E-state index in [1.54, 1.807) is 6.07 Å². The van der Waals surface area contributed by atoms with Crippen LogP contribution in [0.4, 0.5) is 0 Å². The van der Waals surface area contributed by atoms with E-state index in [0.29, 0.717) is 16.6 Å². The van der Waals surface area contributed by atoms with Crippen molar-refractivity contribution in [1.82, 2.24) is 24.5 Å². The molecule has 1 N–H and O–H groups in total. The van der Waals surface area contributed by atoms with Crippen LogP contribution < -0.4 is 5.56 Å². The fraction of sp³-hybridized carbons (Fsp3) is 0.211. The Kier molecular flexibility index (Phi) is 3.76. The first-order valence-electron chi connectivity index (χ1n) is 8.45. The molecule has 0 aliphatic heterocycles. The predicted octanol–water partition coefficient (Wildman–Crippen LogP) is 2.32. The standard InChI is InChI=1S/C19H18N6O2/c1-19(2,3)16-17(27)25(18-22-20-11-24(18)23-16)21-10-13-9-8-12-6-4-5-7-14(12)15(13)26/h4-11,26H,1-3H3/b21-10-. The molecule has 0 spiro atoms. The molecule has 0 saturated carbocycles. The summed E-state index contributed by atoms with van der Waals surface area (Å²) in [6.07, 6.45) is 2.85. The Morgan fingerprint density at radius 3 is 2.70 bits per heavy atom. The molecular formula is C19H18N6O2. The van der Waals surface area contributed by atoms with E-state index >= 15 is 0 Å². The zero-order valence-corrected chi connectivity index (χ0v) is 15.2. The number of rotatable bonds is 2. The Morgan fingerprint density at radius 2 is 1.93 bits per heavy atom. The number of hydrogen-bond acceptors (Lipinski definition) is 6. The summed E-state index contributed by atoms with van der Waals surface area (Å²) in [5, 5.41) is 28.5. The van der Waals surface area contributed by atoms with Gasteiger partial charge in [0.15, 0.2) is 0 Å². The molecule has 8 nitrogen and oxygen atoms in total. The van der Waals surface area contributed by atoms with Crippen molar-refractivity contribution in [2.45, 2.75) is 26.2 Å². The molecule has 2 aromatic heterocycles. The molecule has 4 aromatic rings. The summed E-state index contributed by atoms with van der Waals surface area (Å²) in [5.74, 6) is 0.303. The van der Waals surface area contributed by atoms with Crippen LogP contribution in [0.25, 0.3) is 16.6 Å². The van der Waals surface area contributed by atoms with E-state index in [2.05, 4.69) is 20.4 Å².